The minimum atomic E-state index is -2.84. The van der Waals surface area contributed by atoms with Crippen LogP contribution in [-0.2, 0) is 16.9 Å². The van der Waals surface area contributed by atoms with Gasteiger partial charge in [-0.15, -0.1) is 5.10 Å². The Kier molecular flexibility index (Phi) is 4.18. The predicted octanol–water partition coefficient (Wildman–Crippen LogP) is -0.804. The number of aryl methyl sites for hydroxylation is 1. The third-order valence-electron chi connectivity index (χ3n) is 4.42. The molecular formula is C13H21N5O3S. The highest BCUT2D eigenvalue weighted by Crippen LogP contribution is 2.21. The van der Waals surface area contributed by atoms with Crippen molar-refractivity contribution < 1.29 is 13.2 Å². The van der Waals surface area contributed by atoms with E-state index in [-0.39, 0.29) is 23.7 Å². The number of hydrogen-bond donors (Lipinski definition) is 1. The summed E-state index contributed by atoms with van der Waals surface area (Å²) in [5.74, 6) is 0.389. The van der Waals surface area contributed by atoms with E-state index in [1.165, 1.54) is 4.68 Å². The van der Waals surface area contributed by atoms with Crippen LogP contribution in [0, 0.1) is 0 Å². The molecule has 0 radical (unpaired) electrons. The molecule has 1 aromatic rings. The fraction of sp³-hybridized carbons (Fsp3) is 0.769. The summed E-state index contributed by atoms with van der Waals surface area (Å²) in [6.45, 7) is 1.65. The van der Waals surface area contributed by atoms with E-state index in [9.17, 15) is 13.2 Å². The molecule has 1 aromatic heterocycles. The molecule has 2 aliphatic heterocycles. The Bertz CT molecular complexity index is 648. The second-order valence-electron chi connectivity index (χ2n) is 6.12. The normalized spacial score (nSPS) is 26.1. The van der Waals surface area contributed by atoms with E-state index < -0.39 is 9.84 Å². The highest BCUT2D eigenvalue weighted by atomic mass is 32.2. The Balaban J connectivity index is 1.49. The molecule has 2 aliphatic rings. The van der Waals surface area contributed by atoms with Crippen LogP contribution in [0.2, 0.25) is 0 Å². The molecule has 122 valence electrons. The van der Waals surface area contributed by atoms with Gasteiger partial charge in [-0.1, -0.05) is 5.21 Å². The Morgan fingerprint density at radius 3 is 2.59 bits per heavy atom. The Hall–Kier alpha value is -1.48. The molecule has 0 unspecified atom stereocenters. The summed E-state index contributed by atoms with van der Waals surface area (Å²) in [5.41, 5.74) is 0.326. The van der Waals surface area contributed by atoms with E-state index in [4.69, 9.17) is 0 Å². The summed E-state index contributed by atoms with van der Waals surface area (Å²) < 4.78 is 24.6. The second kappa shape index (κ2) is 5.96. The van der Waals surface area contributed by atoms with Crippen LogP contribution in [0.5, 0.6) is 0 Å². The van der Waals surface area contributed by atoms with Gasteiger partial charge in [0.05, 0.1) is 17.7 Å². The number of likely N-dealkylation sites (tertiary alicyclic amines) is 1. The zero-order valence-electron chi connectivity index (χ0n) is 12.6. The Labute approximate surface area is 129 Å². The van der Waals surface area contributed by atoms with Crippen molar-refractivity contribution in [1.82, 2.24) is 25.2 Å². The number of aromatic nitrogens is 3. The van der Waals surface area contributed by atoms with E-state index in [0.29, 0.717) is 11.4 Å². The standard InChI is InChI=1S/C13H21N5O3S/c1-17-8-12(15-16-17)13(19)14-10-2-5-18(6-3-10)11-4-7-22(20,21)9-11/h8,10-11H,2-7,9H2,1H3,(H,14,19)/t11-/m1/s1. The number of nitrogens with one attached hydrogen (secondary N) is 1. The topological polar surface area (TPSA) is 97.2 Å². The lowest BCUT2D eigenvalue weighted by Gasteiger charge is -2.35. The summed E-state index contributed by atoms with van der Waals surface area (Å²) in [5, 5.41) is 10.5. The van der Waals surface area contributed by atoms with Crippen LogP contribution in [0.3, 0.4) is 0 Å². The van der Waals surface area contributed by atoms with Gasteiger partial charge >= 0.3 is 0 Å². The van der Waals surface area contributed by atoms with Crippen molar-refractivity contribution >= 4 is 15.7 Å². The maximum atomic E-state index is 12.0. The number of nitrogens with zero attached hydrogens (tertiary/aromatic N) is 4. The first kappa shape index (κ1) is 15.4. The molecule has 1 N–H and O–H groups in total. The van der Waals surface area contributed by atoms with Gasteiger partial charge in [-0.3, -0.25) is 14.4 Å². The summed E-state index contributed by atoms with van der Waals surface area (Å²) in [6.07, 6.45) is 4.00. The fourth-order valence-electron chi connectivity index (χ4n) is 3.18. The lowest BCUT2D eigenvalue weighted by atomic mass is 10.0. The van der Waals surface area contributed by atoms with Crippen molar-refractivity contribution in [1.29, 1.82) is 0 Å². The van der Waals surface area contributed by atoms with Crippen LogP contribution in [0.25, 0.3) is 0 Å². The molecule has 0 bridgehead atoms. The molecule has 0 aliphatic carbocycles. The van der Waals surface area contributed by atoms with E-state index >= 15 is 0 Å². The summed E-state index contributed by atoms with van der Waals surface area (Å²) >= 11 is 0. The molecule has 0 spiro atoms. The molecule has 0 saturated carbocycles. The molecule has 2 fully saturated rings. The average Bonchev–Trinajstić information content (AvgIpc) is 3.05. The van der Waals surface area contributed by atoms with Gasteiger partial charge in [-0.05, 0) is 19.3 Å². The quantitative estimate of drug-likeness (QED) is 0.780. The number of sulfone groups is 1. The Morgan fingerprint density at radius 2 is 2.05 bits per heavy atom. The van der Waals surface area contributed by atoms with Crippen molar-refractivity contribution in [2.45, 2.75) is 31.3 Å². The van der Waals surface area contributed by atoms with Crippen LogP contribution < -0.4 is 5.32 Å². The minimum absolute atomic E-state index is 0.115. The number of carbonyl (C=O) groups excluding carboxylic acids is 1. The number of hydrogen-bond acceptors (Lipinski definition) is 6. The Morgan fingerprint density at radius 1 is 1.32 bits per heavy atom. The van der Waals surface area contributed by atoms with Crippen LogP contribution in [0.4, 0.5) is 0 Å². The van der Waals surface area contributed by atoms with Gasteiger partial charge in [0.25, 0.3) is 5.91 Å². The maximum absolute atomic E-state index is 12.0. The van der Waals surface area contributed by atoms with Crippen LogP contribution in [0.15, 0.2) is 6.20 Å². The first-order valence-corrected chi connectivity index (χ1v) is 9.37. The lowest BCUT2D eigenvalue weighted by molar-refractivity contribution is 0.0893. The number of piperidine rings is 1. The first-order chi connectivity index (χ1) is 10.4. The van der Waals surface area contributed by atoms with Gasteiger partial charge < -0.3 is 5.32 Å². The molecule has 0 aromatic carbocycles. The number of rotatable bonds is 3. The van der Waals surface area contributed by atoms with Crippen LogP contribution >= 0.6 is 0 Å². The van der Waals surface area contributed by atoms with Crippen molar-refractivity contribution in [2.75, 3.05) is 24.6 Å². The zero-order valence-corrected chi connectivity index (χ0v) is 13.4. The summed E-state index contributed by atoms with van der Waals surface area (Å²) in [4.78, 5) is 14.3. The molecule has 3 rings (SSSR count). The van der Waals surface area contributed by atoms with E-state index in [2.05, 4.69) is 20.5 Å². The average molecular weight is 327 g/mol. The molecule has 3 heterocycles. The molecule has 9 heteroatoms. The molecule has 2 saturated heterocycles. The van der Waals surface area contributed by atoms with Crippen molar-refractivity contribution in [3.05, 3.63) is 11.9 Å². The third-order valence-corrected chi connectivity index (χ3v) is 6.18. The van der Waals surface area contributed by atoms with Gasteiger partial charge in [-0.25, -0.2) is 8.42 Å². The molecule has 22 heavy (non-hydrogen) atoms. The van der Waals surface area contributed by atoms with Gasteiger partial charge in [0.15, 0.2) is 15.5 Å². The zero-order chi connectivity index (χ0) is 15.7. The first-order valence-electron chi connectivity index (χ1n) is 7.54. The van der Waals surface area contributed by atoms with Gasteiger partial charge in [0.2, 0.25) is 0 Å². The molecule has 8 nitrogen and oxygen atoms in total. The van der Waals surface area contributed by atoms with Crippen molar-refractivity contribution in [3.63, 3.8) is 0 Å². The molecule has 1 amide bonds. The number of carbonyl (C=O) groups is 1. The molecule has 1 atom stereocenters. The van der Waals surface area contributed by atoms with Gasteiger partial charge in [-0.2, -0.15) is 0 Å². The van der Waals surface area contributed by atoms with Crippen LogP contribution in [-0.4, -0.2) is 70.9 Å². The van der Waals surface area contributed by atoms with Crippen molar-refractivity contribution in [3.8, 4) is 0 Å². The van der Waals surface area contributed by atoms with E-state index in [1.54, 1.807) is 13.2 Å². The summed E-state index contributed by atoms with van der Waals surface area (Å²) in [7, 11) is -1.12. The maximum Gasteiger partial charge on any atom is 0.273 e. The van der Waals surface area contributed by atoms with Gasteiger partial charge in [0, 0.05) is 32.2 Å². The highest BCUT2D eigenvalue weighted by molar-refractivity contribution is 7.91. The van der Waals surface area contributed by atoms with E-state index in [1.807, 2.05) is 0 Å². The fourth-order valence-corrected chi connectivity index (χ4v) is 4.94. The van der Waals surface area contributed by atoms with Crippen molar-refractivity contribution in [2.24, 2.45) is 7.05 Å². The minimum Gasteiger partial charge on any atom is -0.348 e. The largest absolute Gasteiger partial charge is 0.348 e. The second-order valence-corrected chi connectivity index (χ2v) is 8.35. The number of amides is 1. The van der Waals surface area contributed by atoms with Crippen LogP contribution in [0.1, 0.15) is 29.8 Å². The van der Waals surface area contributed by atoms with E-state index in [0.717, 1.165) is 32.4 Å². The SMILES string of the molecule is Cn1cc(C(=O)NC2CCN([C@@H]3CCS(=O)(=O)C3)CC2)nn1. The highest BCUT2D eigenvalue weighted by Gasteiger charge is 2.34. The summed E-state index contributed by atoms with van der Waals surface area (Å²) in [6, 6.07) is 0.269. The monoisotopic (exact) mass is 327 g/mol. The third kappa shape index (κ3) is 3.46. The predicted molar refractivity (Wildman–Crippen MR) is 80.1 cm³/mol. The molecular weight excluding hydrogens is 306 g/mol. The lowest BCUT2D eigenvalue weighted by Crippen LogP contribution is -2.48. The van der Waals surface area contributed by atoms with Gasteiger partial charge in [0.1, 0.15) is 0 Å². The smallest absolute Gasteiger partial charge is 0.273 e.